The van der Waals surface area contributed by atoms with Crippen molar-refractivity contribution in [2.45, 2.75) is 45.6 Å². The molecule has 4 rings (SSSR count). The van der Waals surface area contributed by atoms with E-state index in [9.17, 15) is 0 Å². The molecule has 0 atom stereocenters. The molecule has 29 heavy (non-hydrogen) atoms. The van der Waals surface area contributed by atoms with Crippen molar-refractivity contribution >= 4 is 29.1 Å². The van der Waals surface area contributed by atoms with Crippen molar-refractivity contribution in [1.29, 1.82) is 0 Å². The summed E-state index contributed by atoms with van der Waals surface area (Å²) < 4.78 is 0. The summed E-state index contributed by atoms with van der Waals surface area (Å²) in [6.45, 7) is 10.7. The second kappa shape index (κ2) is 7.68. The van der Waals surface area contributed by atoms with Crippen LogP contribution in [0.25, 0.3) is 0 Å². The number of halogens is 1. The smallest absolute Gasteiger partial charge is 0.229 e. The number of hydrogen-bond donors (Lipinski definition) is 1. The van der Waals surface area contributed by atoms with E-state index < -0.39 is 0 Å². The molecule has 0 saturated carbocycles. The molecule has 0 aliphatic carbocycles. The van der Waals surface area contributed by atoms with E-state index in [2.05, 4.69) is 68.2 Å². The quantitative estimate of drug-likeness (QED) is 0.552. The summed E-state index contributed by atoms with van der Waals surface area (Å²) in [5.74, 6) is 1.86. The summed E-state index contributed by atoms with van der Waals surface area (Å²) in [7, 11) is 0. The monoisotopic (exact) mass is 406 g/mol. The Kier molecular flexibility index (Phi) is 5.22. The van der Waals surface area contributed by atoms with Gasteiger partial charge in [-0.15, -0.1) is 0 Å². The van der Waals surface area contributed by atoms with Gasteiger partial charge in [0, 0.05) is 35.3 Å². The van der Waals surface area contributed by atoms with Gasteiger partial charge in [-0.3, -0.25) is 0 Å². The van der Waals surface area contributed by atoms with Crippen LogP contribution in [-0.4, -0.2) is 16.5 Å². The molecule has 0 amide bonds. The lowest BCUT2D eigenvalue weighted by Gasteiger charge is -2.40. The Morgan fingerprint density at radius 3 is 2.59 bits per heavy atom. The van der Waals surface area contributed by atoms with Crippen LogP contribution < -0.4 is 10.2 Å². The van der Waals surface area contributed by atoms with E-state index >= 15 is 0 Å². The molecule has 0 saturated heterocycles. The zero-order chi connectivity index (χ0) is 20.6. The van der Waals surface area contributed by atoms with E-state index in [1.54, 1.807) is 0 Å². The van der Waals surface area contributed by atoms with Gasteiger partial charge in [0.1, 0.15) is 5.82 Å². The number of rotatable bonds is 4. The lowest BCUT2D eigenvalue weighted by molar-refractivity contribution is 0.474. The molecule has 1 aliphatic rings. The molecule has 5 heteroatoms. The maximum Gasteiger partial charge on any atom is 0.229 e. The fourth-order valence-corrected chi connectivity index (χ4v) is 4.16. The Balaban J connectivity index is 1.71. The van der Waals surface area contributed by atoms with Gasteiger partial charge in [0.2, 0.25) is 5.95 Å². The topological polar surface area (TPSA) is 41.1 Å². The number of anilines is 3. The maximum absolute atomic E-state index is 6.14. The van der Waals surface area contributed by atoms with Gasteiger partial charge in [-0.25, -0.2) is 4.98 Å². The van der Waals surface area contributed by atoms with Crippen LogP contribution in [0.4, 0.5) is 17.5 Å². The Labute approximate surface area is 178 Å². The second-order valence-corrected chi connectivity index (χ2v) is 9.10. The van der Waals surface area contributed by atoms with Crippen LogP contribution in [0.2, 0.25) is 5.02 Å². The van der Waals surface area contributed by atoms with Gasteiger partial charge < -0.3 is 10.2 Å². The highest BCUT2D eigenvalue weighted by Gasteiger charge is 2.32. The molecule has 1 aromatic heterocycles. The average Bonchev–Trinajstić information content (AvgIpc) is 2.67. The summed E-state index contributed by atoms with van der Waals surface area (Å²) in [6, 6.07) is 18.5. The Bertz CT molecular complexity index is 1030. The summed E-state index contributed by atoms with van der Waals surface area (Å²) in [4.78, 5) is 12.0. The average molecular weight is 407 g/mol. The molecule has 150 valence electrons. The van der Waals surface area contributed by atoms with Crippen LogP contribution in [0.5, 0.6) is 0 Å². The first-order valence-corrected chi connectivity index (χ1v) is 10.4. The number of aromatic nitrogens is 2. The van der Waals surface area contributed by atoms with Gasteiger partial charge in [0.25, 0.3) is 0 Å². The highest BCUT2D eigenvalue weighted by molar-refractivity contribution is 6.30. The van der Waals surface area contributed by atoms with Crippen molar-refractivity contribution in [3.8, 4) is 0 Å². The predicted molar refractivity (Wildman–Crippen MR) is 121 cm³/mol. The SMILES string of the molecule is CC(C)c1cc(N2Cc3ccccc3C(C)(C)C2)nc(Nc2cccc(Cl)c2)n1. The molecule has 2 heterocycles. The molecule has 0 spiro atoms. The molecular formula is C24H27ClN4. The number of fused-ring (bicyclic) bond motifs is 1. The first kappa shape index (κ1) is 19.7. The van der Waals surface area contributed by atoms with Crippen molar-refractivity contribution in [1.82, 2.24) is 9.97 Å². The minimum absolute atomic E-state index is 0.0539. The molecule has 1 N–H and O–H groups in total. The third kappa shape index (κ3) is 4.23. The van der Waals surface area contributed by atoms with Gasteiger partial charge in [-0.05, 0) is 35.2 Å². The van der Waals surface area contributed by atoms with Crippen molar-refractivity contribution < 1.29 is 0 Å². The van der Waals surface area contributed by atoms with E-state index in [0.717, 1.165) is 30.3 Å². The summed E-state index contributed by atoms with van der Waals surface area (Å²) >= 11 is 6.14. The maximum atomic E-state index is 6.14. The zero-order valence-electron chi connectivity index (χ0n) is 17.4. The minimum atomic E-state index is 0.0539. The van der Waals surface area contributed by atoms with Crippen molar-refractivity contribution in [3.63, 3.8) is 0 Å². The van der Waals surface area contributed by atoms with Crippen LogP contribution >= 0.6 is 11.6 Å². The van der Waals surface area contributed by atoms with Gasteiger partial charge in [-0.2, -0.15) is 4.98 Å². The van der Waals surface area contributed by atoms with Crippen LogP contribution in [0.3, 0.4) is 0 Å². The highest BCUT2D eigenvalue weighted by Crippen LogP contribution is 2.36. The van der Waals surface area contributed by atoms with Crippen molar-refractivity contribution in [2.24, 2.45) is 0 Å². The Morgan fingerprint density at radius 2 is 1.83 bits per heavy atom. The van der Waals surface area contributed by atoms with Crippen LogP contribution in [0, 0.1) is 0 Å². The summed E-state index contributed by atoms with van der Waals surface area (Å²) in [5.41, 5.74) is 4.74. The summed E-state index contributed by atoms with van der Waals surface area (Å²) in [5, 5.41) is 4.01. The number of nitrogens with one attached hydrogen (secondary N) is 1. The molecular weight excluding hydrogens is 380 g/mol. The minimum Gasteiger partial charge on any atom is -0.351 e. The molecule has 2 aromatic carbocycles. The number of benzene rings is 2. The molecule has 0 fully saturated rings. The van der Waals surface area contributed by atoms with Crippen LogP contribution in [0.15, 0.2) is 54.6 Å². The molecule has 0 radical (unpaired) electrons. The Hall–Kier alpha value is -2.59. The fraction of sp³-hybridized carbons (Fsp3) is 0.333. The van der Waals surface area contributed by atoms with Gasteiger partial charge in [0.05, 0.1) is 5.69 Å². The highest BCUT2D eigenvalue weighted by atomic mass is 35.5. The van der Waals surface area contributed by atoms with E-state index in [1.165, 1.54) is 11.1 Å². The molecule has 0 unspecified atom stereocenters. The van der Waals surface area contributed by atoms with Crippen LogP contribution in [0.1, 0.15) is 50.4 Å². The third-order valence-corrected chi connectivity index (χ3v) is 5.66. The molecule has 4 nitrogen and oxygen atoms in total. The van der Waals surface area contributed by atoms with Crippen molar-refractivity contribution in [3.05, 3.63) is 76.4 Å². The van der Waals surface area contributed by atoms with Crippen LogP contribution in [-0.2, 0) is 12.0 Å². The second-order valence-electron chi connectivity index (χ2n) is 8.66. The zero-order valence-corrected chi connectivity index (χ0v) is 18.2. The predicted octanol–water partition coefficient (Wildman–Crippen LogP) is 6.29. The standard InChI is InChI=1S/C24H27ClN4/c1-16(2)21-13-22(28-23(27-21)26-19-10-7-9-18(25)12-19)29-14-17-8-5-6-11-20(17)24(3,4)15-29/h5-13,16H,14-15H2,1-4H3,(H,26,27,28). The normalized spacial score (nSPS) is 15.3. The molecule has 1 aliphatic heterocycles. The van der Waals surface area contributed by atoms with E-state index in [-0.39, 0.29) is 5.41 Å². The van der Waals surface area contributed by atoms with Crippen molar-refractivity contribution in [2.75, 3.05) is 16.8 Å². The molecule has 0 bridgehead atoms. The first-order valence-electron chi connectivity index (χ1n) is 10.1. The van der Waals surface area contributed by atoms with E-state index in [4.69, 9.17) is 21.6 Å². The number of hydrogen-bond acceptors (Lipinski definition) is 4. The number of nitrogens with zero attached hydrogens (tertiary/aromatic N) is 3. The molecule has 3 aromatic rings. The lowest BCUT2D eigenvalue weighted by atomic mass is 9.78. The Morgan fingerprint density at radius 1 is 1.03 bits per heavy atom. The largest absolute Gasteiger partial charge is 0.351 e. The van der Waals surface area contributed by atoms with Gasteiger partial charge >= 0.3 is 0 Å². The van der Waals surface area contributed by atoms with E-state index in [0.29, 0.717) is 16.9 Å². The third-order valence-electron chi connectivity index (χ3n) is 5.42. The first-order chi connectivity index (χ1) is 13.8. The van der Waals surface area contributed by atoms with Gasteiger partial charge in [0.15, 0.2) is 0 Å². The van der Waals surface area contributed by atoms with Gasteiger partial charge in [-0.1, -0.05) is 69.6 Å². The fourth-order valence-electron chi connectivity index (χ4n) is 3.97. The summed E-state index contributed by atoms with van der Waals surface area (Å²) in [6.07, 6.45) is 0. The lowest BCUT2D eigenvalue weighted by Crippen LogP contribution is -2.42. The van der Waals surface area contributed by atoms with E-state index in [1.807, 2.05) is 24.3 Å².